The molecule has 3 aliphatic rings. The Morgan fingerprint density at radius 2 is 1.93 bits per heavy atom. The first-order valence-corrected chi connectivity index (χ1v) is 5.75. The van der Waals surface area contributed by atoms with Crippen molar-refractivity contribution in [3.05, 3.63) is 0 Å². The lowest BCUT2D eigenvalue weighted by molar-refractivity contribution is -0.120. The number of hydrogen-bond acceptors (Lipinski definition) is 2. The summed E-state index contributed by atoms with van der Waals surface area (Å²) in [4.78, 5) is 11.4. The van der Waals surface area contributed by atoms with Gasteiger partial charge in [-0.3, -0.25) is 4.79 Å². The van der Waals surface area contributed by atoms with Gasteiger partial charge < -0.3 is 10.6 Å². The van der Waals surface area contributed by atoms with E-state index in [9.17, 15) is 4.79 Å². The molecule has 3 heteroatoms. The summed E-state index contributed by atoms with van der Waals surface area (Å²) in [6, 6.07) is 0.544. The number of carbonyl (C=O) groups excluding carboxylic acids is 1. The van der Waals surface area contributed by atoms with Gasteiger partial charge in [-0.05, 0) is 50.0 Å². The fourth-order valence-electron chi connectivity index (χ4n) is 3.92. The van der Waals surface area contributed by atoms with E-state index in [0.717, 1.165) is 23.7 Å². The molecule has 3 aliphatic carbocycles. The Morgan fingerprint density at radius 3 is 2.50 bits per heavy atom. The molecule has 14 heavy (non-hydrogen) atoms. The molecule has 3 saturated carbocycles. The van der Waals surface area contributed by atoms with Gasteiger partial charge in [0.1, 0.15) is 0 Å². The summed E-state index contributed by atoms with van der Waals surface area (Å²) in [5.41, 5.74) is 0. The maximum atomic E-state index is 11.4. The molecule has 3 fully saturated rings. The molecule has 2 bridgehead atoms. The smallest absolute Gasteiger partial charge is 0.234 e. The highest BCUT2D eigenvalue weighted by molar-refractivity contribution is 5.78. The predicted molar refractivity (Wildman–Crippen MR) is 53.7 cm³/mol. The van der Waals surface area contributed by atoms with Crippen LogP contribution in [0.1, 0.15) is 19.3 Å². The Morgan fingerprint density at radius 1 is 1.29 bits per heavy atom. The molecule has 0 radical (unpaired) electrons. The van der Waals surface area contributed by atoms with Crippen LogP contribution in [0.3, 0.4) is 0 Å². The Balaban J connectivity index is 1.56. The van der Waals surface area contributed by atoms with Crippen molar-refractivity contribution in [3.8, 4) is 0 Å². The van der Waals surface area contributed by atoms with Crippen molar-refractivity contribution in [2.75, 3.05) is 13.6 Å². The maximum absolute atomic E-state index is 11.4. The summed E-state index contributed by atoms with van der Waals surface area (Å²) in [7, 11) is 1.82. The van der Waals surface area contributed by atoms with Crippen LogP contribution in [0, 0.1) is 23.7 Å². The van der Waals surface area contributed by atoms with Gasteiger partial charge in [0, 0.05) is 6.04 Å². The lowest BCUT2D eigenvalue weighted by Crippen LogP contribution is -2.36. The number of amides is 1. The van der Waals surface area contributed by atoms with Crippen LogP contribution in [-0.4, -0.2) is 25.5 Å². The third-order valence-corrected chi connectivity index (χ3v) is 4.40. The highest BCUT2D eigenvalue weighted by atomic mass is 16.2. The molecule has 0 aliphatic heterocycles. The van der Waals surface area contributed by atoms with Crippen LogP contribution in [0.15, 0.2) is 0 Å². The Kier molecular flexibility index (Phi) is 1.84. The molecule has 4 unspecified atom stereocenters. The average molecular weight is 194 g/mol. The van der Waals surface area contributed by atoms with Crippen molar-refractivity contribution in [1.82, 2.24) is 10.6 Å². The summed E-state index contributed by atoms with van der Waals surface area (Å²) in [6.07, 6.45) is 4.29. The second kappa shape index (κ2) is 2.96. The predicted octanol–water partition coefficient (Wildman–Crippen LogP) is 0.366. The molecule has 3 rings (SSSR count). The molecule has 78 valence electrons. The summed E-state index contributed by atoms with van der Waals surface area (Å²) < 4.78 is 0. The van der Waals surface area contributed by atoms with Crippen LogP contribution in [0.4, 0.5) is 0 Å². The number of nitrogens with one attached hydrogen (secondary N) is 2. The van der Waals surface area contributed by atoms with Crippen molar-refractivity contribution in [2.24, 2.45) is 23.7 Å². The van der Waals surface area contributed by atoms with E-state index in [2.05, 4.69) is 10.6 Å². The van der Waals surface area contributed by atoms with E-state index in [4.69, 9.17) is 0 Å². The fourth-order valence-corrected chi connectivity index (χ4v) is 3.92. The molecule has 0 aromatic heterocycles. The maximum Gasteiger partial charge on any atom is 0.234 e. The molecular formula is C11H18N2O. The van der Waals surface area contributed by atoms with Gasteiger partial charge >= 0.3 is 0 Å². The zero-order valence-electron chi connectivity index (χ0n) is 8.62. The second-order valence-corrected chi connectivity index (χ2v) is 5.11. The first-order chi connectivity index (χ1) is 6.81. The minimum absolute atomic E-state index is 0.172. The number of carbonyl (C=O) groups is 1. The molecule has 0 aromatic carbocycles. The largest absolute Gasteiger partial charge is 0.352 e. The van der Waals surface area contributed by atoms with Crippen LogP contribution >= 0.6 is 0 Å². The first-order valence-electron chi connectivity index (χ1n) is 5.75. The normalized spacial score (nSPS) is 47.6. The minimum Gasteiger partial charge on any atom is -0.352 e. The van der Waals surface area contributed by atoms with Gasteiger partial charge in [0.15, 0.2) is 0 Å². The molecule has 2 N–H and O–H groups in total. The van der Waals surface area contributed by atoms with Crippen LogP contribution in [0.5, 0.6) is 0 Å². The van der Waals surface area contributed by atoms with E-state index in [0.29, 0.717) is 12.6 Å². The van der Waals surface area contributed by atoms with Gasteiger partial charge in [-0.25, -0.2) is 0 Å². The zero-order chi connectivity index (χ0) is 9.71. The second-order valence-electron chi connectivity index (χ2n) is 5.11. The van der Waals surface area contributed by atoms with Crippen LogP contribution in [0.2, 0.25) is 0 Å². The van der Waals surface area contributed by atoms with Gasteiger partial charge in [0.2, 0.25) is 5.91 Å². The number of hydrogen-bond donors (Lipinski definition) is 2. The summed E-state index contributed by atoms with van der Waals surface area (Å²) >= 11 is 0. The highest BCUT2D eigenvalue weighted by Crippen LogP contribution is 2.65. The van der Waals surface area contributed by atoms with Gasteiger partial charge in [0.05, 0.1) is 6.54 Å². The average Bonchev–Trinajstić information content (AvgIpc) is 2.60. The fraction of sp³-hybridized carbons (Fsp3) is 0.909. The standard InChI is InChI=1S/C11H18N2O/c1-12-5-8(14)13-11-9-6-2-3-7(4-6)10(9)11/h6-7,9-12H,2-5H2,1H3,(H,13,14). The van der Waals surface area contributed by atoms with Crippen molar-refractivity contribution in [2.45, 2.75) is 25.3 Å². The first kappa shape index (κ1) is 8.72. The molecule has 4 atom stereocenters. The number of fused-ring (bicyclic) bond motifs is 5. The van der Waals surface area contributed by atoms with E-state index in [1.54, 1.807) is 0 Å². The lowest BCUT2D eigenvalue weighted by Gasteiger charge is -2.10. The van der Waals surface area contributed by atoms with Crippen molar-refractivity contribution >= 4 is 5.91 Å². The molecule has 1 amide bonds. The third-order valence-electron chi connectivity index (χ3n) is 4.40. The molecule has 0 spiro atoms. The van der Waals surface area contributed by atoms with E-state index in [1.807, 2.05) is 7.05 Å². The summed E-state index contributed by atoms with van der Waals surface area (Å²) in [5, 5.41) is 6.05. The van der Waals surface area contributed by atoms with Crippen molar-refractivity contribution in [1.29, 1.82) is 0 Å². The quantitative estimate of drug-likeness (QED) is 0.681. The Labute approximate surface area is 84.6 Å². The van der Waals surface area contributed by atoms with Gasteiger partial charge in [-0.15, -0.1) is 0 Å². The minimum atomic E-state index is 0.172. The molecular weight excluding hydrogens is 176 g/mol. The van der Waals surface area contributed by atoms with Crippen molar-refractivity contribution in [3.63, 3.8) is 0 Å². The molecule has 0 saturated heterocycles. The van der Waals surface area contributed by atoms with Gasteiger partial charge in [-0.1, -0.05) is 0 Å². The van der Waals surface area contributed by atoms with E-state index >= 15 is 0 Å². The topological polar surface area (TPSA) is 41.1 Å². The van der Waals surface area contributed by atoms with Crippen LogP contribution in [-0.2, 0) is 4.79 Å². The Bertz CT molecular complexity index is 250. The monoisotopic (exact) mass is 194 g/mol. The number of likely N-dealkylation sites (N-methyl/N-ethyl adjacent to an activating group) is 1. The Hall–Kier alpha value is -0.570. The summed E-state index contributed by atoms with van der Waals surface area (Å²) in [6.45, 7) is 0.464. The number of rotatable bonds is 3. The molecule has 3 nitrogen and oxygen atoms in total. The van der Waals surface area contributed by atoms with Gasteiger partial charge in [-0.2, -0.15) is 0 Å². The van der Waals surface area contributed by atoms with E-state index in [-0.39, 0.29) is 5.91 Å². The van der Waals surface area contributed by atoms with E-state index < -0.39 is 0 Å². The summed E-state index contributed by atoms with van der Waals surface area (Å²) in [5.74, 6) is 3.78. The van der Waals surface area contributed by atoms with Crippen LogP contribution < -0.4 is 10.6 Å². The zero-order valence-corrected chi connectivity index (χ0v) is 8.62. The van der Waals surface area contributed by atoms with Gasteiger partial charge in [0.25, 0.3) is 0 Å². The van der Waals surface area contributed by atoms with Crippen LogP contribution in [0.25, 0.3) is 0 Å². The van der Waals surface area contributed by atoms with E-state index in [1.165, 1.54) is 19.3 Å². The highest BCUT2D eigenvalue weighted by Gasteiger charge is 2.65. The van der Waals surface area contributed by atoms with Crippen molar-refractivity contribution < 1.29 is 4.79 Å². The third kappa shape index (κ3) is 1.11. The molecule has 0 heterocycles. The lowest BCUT2D eigenvalue weighted by atomic mass is 10.0. The molecule has 0 aromatic rings. The SMILES string of the molecule is CNCC(=O)NC1C2C3CCC(C3)C12.